The minimum Gasteiger partial charge on any atom is -0.462 e. The molecular formula is C52H100O6. The fourth-order valence-corrected chi connectivity index (χ4v) is 7.78. The van der Waals surface area contributed by atoms with Crippen LogP contribution in [0.5, 0.6) is 0 Å². The van der Waals surface area contributed by atoms with E-state index in [1.54, 1.807) is 0 Å². The third-order valence-electron chi connectivity index (χ3n) is 12.1. The molecule has 0 spiro atoms. The van der Waals surface area contributed by atoms with Crippen molar-refractivity contribution in [3.05, 3.63) is 0 Å². The monoisotopic (exact) mass is 821 g/mol. The second-order valence-corrected chi connectivity index (χ2v) is 18.5. The average Bonchev–Trinajstić information content (AvgIpc) is 3.21. The molecule has 0 aromatic heterocycles. The van der Waals surface area contributed by atoms with Gasteiger partial charge in [0.25, 0.3) is 0 Å². The fraction of sp³-hybridized carbons (Fsp3) is 0.942. The lowest BCUT2D eigenvalue weighted by Crippen LogP contribution is -2.30. The van der Waals surface area contributed by atoms with E-state index in [0.29, 0.717) is 19.3 Å². The molecule has 0 radical (unpaired) electrons. The Labute approximate surface area is 361 Å². The number of carbonyl (C=O) groups is 3. The van der Waals surface area contributed by atoms with Crippen LogP contribution in [-0.4, -0.2) is 37.2 Å². The molecule has 0 rings (SSSR count). The SMILES string of the molecule is CCCCCCCCCCCCC(=O)OC[C@@H](COC(=O)CCCCCCCCCCCCCCCCC(C)CC)OC(=O)CCCCCCCCCCCC(C)C. The molecule has 0 fully saturated rings. The molecule has 344 valence electrons. The zero-order valence-electron chi connectivity index (χ0n) is 39.7. The normalized spacial score (nSPS) is 12.5. The van der Waals surface area contributed by atoms with Crippen molar-refractivity contribution in [2.45, 2.75) is 291 Å². The van der Waals surface area contributed by atoms with Crippen LogP contribution in [0.4, 0.5) is 0 Å². The molecule has 0 aromatic carbocycles. The Bertz CT molecular complexity index is 887. The number of hydrogen-bond donors (Lipinski definition) is 0. The van der Waals surface area contributed by atoms with Crippen molar-refractivity contribution in [1.29, 1.82) is 0 Å². The second-order valence-electron chi connectivity index (χ2n) is 18.5. The molecule has 0 saturated heterocycles. The van der Waals surface area contributed by atoms with Crippen LogP contribution < -0.4 is 0 Å². The molecule has 6 nitrogen and oxygen atoms in total. The number of ether oxygens (including phenoxy) is 3. The predicted octanol–water partition coefficient (Wildman–Crippen LogP) is 16.5. The van der Waals surface area contributed by atoms with E-state index in [-0.39, 0.29) is 31.1 Å². The highest BCUT2D eigenvalue weighted by molar-refractivity contribution is 5.71. The first-order valence-corrected chi connectivity index (χ1v) is 25.8. The minimum absolute atomic E-state index is 0.0640. The lowest BCUT2D eigenvalue weighted by Gasteiger charge is -2.18. The Morgan fingerprint density at radius 2 is 0.655 bits per heavy atom. The van der Waals surface area contributed by atoms with Crippen LogP contribution in [0.3, 0.4) is 0 Å². The molecule has 2 atom stereocenters. The molecule has 1 unspecified atom stereocenters. The molecular weight excluding hydrogens is 721 g/mol. The van der Waals surface area contributed by atoms with Crippen LogP contribution in [0.2, 0.25) is 0 Å². The van der Waals surface area contributed by atoms with Crippen LogP contribution >= 0.6 is 0 Å². The highest BCUT2D eigenvalue weighted by atomic mass is 16.6. The van der Waals surface area contributed by atoms with Gasteiger partial charge < -0.3 is 14.2 Å². The van der Waals surface area contributed by atoms with Gasteiger partial charge in [-0.25, -0.2) is 0 Å². The van der Waals surface area contributed by atoms with E-state index < -0.39 is 6.10 Å². The van der Waals surface area contributed by atoms with Gasteiger partial charge in [-0.05, 0) is 31.1 Å². The van der Waals surface area contributed by atoms with E-state index in [4.69, 9.17) is 14.2 Å². The topological polar surface area (TPSA) is 78.9 Å². The van der Waals surface area contributed by atoms with E-state index in [2.05, 4.69) is 34.6 Å². The first-order chi connectivity index (χ1) is 28.3. The summed E-state index contributed by atoms with van der Waals surface area (Å²) in [7, 11) is 0. The predicted molar refractivity (Wildman–Crippen MR) is 247 cm³/mol. The largest absolute Gasteiger partial charge is 0.462 e. The van der Waals surface area contributed by atoms with Gasteiger partial charge in [0.2, 0.25) is 0 Å². The molecule has 58 heavy (non-hydrogen) atoms. The van der Waals surface area contributed by atoms with Crippen molar-refractivity contribution >= 4 is 17.9 Å². The van der Waals surface area contributed by atoms with Gasteiger partial charge in [0.15, 0.2) is 6.10 Å². The maximum absolute atomic E-state index is 12.7. The van der Waals surface area contributed by atoms with E-state index >= 15 is 0 Å². The minimum atomic E-state index is -0.761. The smallest absolute Gasteiger partial charge is 0.306 e. The van der Waals surface area contributed by atoms with Crippen LogP contribution in [0.15, 0.2) is 0 Å². The van der Waals surface area contributed by atoms with Crippen LogP contribution in [-0.2, 0) is 28.6 Å². The van der Waals surface area contributed by atoms with E-state index in [1.165, 1.54) is 173 Å². The summed E-state index contributed by atoms with van der Waals surface area (Å²) in [6.07, 6.45) is 45.1. The zero-order valence-corrected chi connectivity index (χ0v) is 39.7. The molecule has 0 N–H and O–H groups in total. The first kappa shape index (κ1) is 56.4. The molecule has 0 aliphatic heterocycles. The molecule has 0 heterocycles. The third-order valence-corrected chi connectivity index (χ3v) is 12.1. The van der Waals surface area contributed by atoms with Gasteiger partial charge in [0.05, 0.1) is 0 Å². The lowest BCUT2D eigenvalue weighted by molar-refractivity contribution is -0.167. The number of hydrogen-bond acceptors (Lipinski definition) is 6. The molecule has 6 heteroatoms. The van der Waals surface area contributed by atoms with E-state index in [0.717, 1.165) is 69.6 Å². The maximum Gasteiger partial charge on any atom is 0.306 e. The Morgan fingerprint density at radius 3 is 0.983 bits per heavy atom. The van der Waals surface area contributed by atoms with Crippen LogP contribution in [0, 0.1) is 11.8 Å². The quantitative estimate of drug-likeness (QED) is 0.0346. The maximum atomic E-state index is 12.7. The molecule has 0 aliphatic rings. The number of esters is 3. The molecule has 0 saturated carbocycles. The van der Waals surface area contributed by atoms with E-state index in [1.807, 2.05) is 0 Å². The summed E-state index contributed by atoms with van der Waals surface area (Å²) in [5.74, 6) is 0.851. The summed E-state index contributed by atoms with van der Waals surface area (Å²) in [5, 5.41) is 0. The zero-order chi connectivity index (χ0) is 42.6. The van der Waals surface area contributed by atoms with Gasteiger partial charge in [0.1, 0.15) is 13.2 Å². The Hall–Kier alpha value is -1.59. The van der Waals surface area contributed by atoms with Gasteiger partial charge in [-0.1, -0.05) is 247 Å². The van der Waals surface area contributed by atoms with Gasteiger partial charge in [0, 0.05) is 19.3 Å². The van der Waals surface area contributed by atoms with Crippen molar-refractivity contribution in [2.75, 3.05) is 13.2 Å². The Morgan fingerprint density at radius 1 is 0.362 bits per heavy atom. The Kier molecular flexibility index (Phi) is 43.7. The molecule has 0 amide bonds. The molecule has 0 aromatic rings. The summed E-state index contributed by atoms with van der Waals surface area (Å²) in [5.41, 5.74) is 0. The summed E-state index contributed by atoms with van der Waals surface area (Å²) in [6.45, 7) is 11.4. The highest BCUT2D eigenvalue weighted by Gasteiger charge is 2.19. The standard InChI is InChI=1S/C52H100O6/c1-6-8-9-10-11-12-22-27-32-37-42-50(53)56-45-49(58-52(55)44-39-34-29-24-19-20-25-30-35-40-47(3)4)46-57-51(54)43-38-33-28-23-18-16-14-13-15-17-21-26-31-36-41-48(5)7-2/h47-49H,6-46H2,1-5H3/t48?,49-/m0/s1. The summed E-state index contributed by atoms with van der Waals surface area (Å²) >= 11 is 0. The molecule has 0 bridgehead atoms. The fourth-order valence-electron chi connectivity index (χ4n) is 7.78. The summed E-state index contributed by atoms with van der Waals surface area (Å²) < 4.78 is 16.8. The summed E-state index contributed by atoms with van der Waals surface area (Å²) in [6, 6.07) is 0. The first-order valence-electron chi connectivity index (χ1n) is 25.8. The van der Waals surface area contributed by atoms with Crippen LogP contribution in [0.25, 0.3) is 0 Å². The average molecular weight is 821 g/mol. The van der Waals surface area contributed by atoms with Crippen LogP contribution in [0.1, 0.15) is 285 Å². The van der Waals surface area contributed by atoms with E-state index in [9.17, 15) is 14.4 Å². The van der Waals surface area contributed by atoms with Gasteiger partial charge in [-0.3, -0.25) is 14.4 Å². The van der Waals surface area contributed by atoms with Crippen molar-refractivity contribution < 1.29 is 28.6 Å². The van der Waals surface area contributed by atoms with Crippen molar-refractivity contribution in [1.82, 2.24) is 0 Å². The molecule has 0 aliphatic carbocycles. The number of carbonyl (C=O) groups excluding carboxylic acids is 3. The van der Waals surface area contributed by atoms with Crippen molar-refractivity contribution in [3.63, 3.8) is 0 Å². The van der Waals surface area contributed by atoms with Gasteiger partial charge >= 0.3 is 17.9 Å². The van der Waals surface area contributed by atoms with Crippen molar-refractivity contribution in [2.24, 2.45) is 11.8 Å². The number of unbranched alkanes of at least 4 members (excludes halogenated alkanes) is 30. The highest BCUT2D eigenvalue weighted by Crippen LogP contribution is 2.18. The second kappa shape index (κ2) is 44.9. The Balaban J connectivity index is 4.26. The lowest BCUT2D eigenvalue weighted by atomic mass is 9.99. The van der Waals surface area contributed by atoms with Gasteiger partial charge in [-0.15, -0.1) is 0 Å². The van der Waals surface area contributed by atoms with Gasteiger partial charge in [-0.2, -0.15) is 0 Å². The number of rotatable bonds is 46. The van der Waals surface area contributed by atoms with Crippen molar-refractivity contribution in [3.8, 4) is 0 Å². The third kappa shape index (κ3) is 44.0. The summed E-state index contributed by atoms with van der Waals surface area (Å²) in [4.78, 5) is 37.9.